The third-order valence-electron chi connectivity index (χ3n) is 5.28. The highest BCUT2D eigenvalue weighted by molar-refractivity contribution is 5.87. The Hall–Kier alpha value is -2.02. The molecular weight excluding hydrogens is 348 g/mol. The highest BCUT2D eigenvalue weighted by Crippen LogP contribution is 2.18. The number of aromatic carboxylic acids is 1. The number of nitrogens with zero attached hydrogens (tertiary/aromatic N) is 1. The zero-order chi connectivity index (χ0) is 20.5. The van der Waals surface area contributed by atoms with Crippen LogP contribution in [0.25, 0.3) is 0 Å². The standard InChI is InChI=1S/C24H38N2O2/c1-2-3-4-5-6-7-8-10-13-21(20-25)14-11-9-12-19-26-23-17-15-22(16-18-23)24(27)28/h15-18,21,26H,2-14,19H2,1H3,(H,27,28). The number of rotatable bonds is 17. The average Bonchev–Trinajstić information content (AvgIpc) is 2.71. The van der Waals surface area contributed by atoms with Crippen molar-refractivity contribution in [2.45, 2.75) is 90.4 Å². The lowest BCUT2D eigenvalue weighted by Gasteiger charge is -2.10. The zero-order valence-electron chi connectivity index (χ0n) is 17.6. The van der Waals surface area contributed by atoms with E-state index in [0.29, 0.717) is 5.56 Å². The van der Waals surface area contributed by atoms with Gasteiger partial charge in [-0.2, -0.15) is 5.26 Å². The SMILES string of the molecule is CCCCCCCCCCC(C#N)CCCCCNc1ccc(C(=O)O)cc1. The smallest absolute Gasteiger partial charge is 0.335 e. The van der Waals surface area contributed by atoms with Crippen molar-refractivity contribution in [2.75, 3.05) is 11.9 Å². The molecule has 156 valence electrons. The lowest BCUT2D eigenvalue weighted by Crippen LogP contribution is -2.03. The van der Waals surface area contributed by atoms with Crippen molar-refractivity contribution in [3.8, 4) is 6.07 Å². The van der Waals surface area contributed by atoms with Crippen LogP contribution >= 0.6 is 0 Å². The Morgan fingerprint density at radius 2 is 1.46 bits per heavy atom. The summed E-state index contributed by atoms with van der Waals surface area (Å²) in [6.45, 7) is 3.13. The number of carbonyl (C=O) groups is 1. The van der Waals surface area contributed by atoms with Crippen molar-refractivity contribution < 1.29 is 9.90 Å². The van der Waals surface area contributed by atoms with E-state index >= 15 is 0 Å². The molecule has 0 saturated carbocycles. The van der Waals surface area contributed by atoms with Gasteiger partial charge < -0.3 is 10.4 Å². The highest BCUT2D eigenvalue weighted by atomic mass is 16.4. The fourth-order valence-electron chi connectivity index (χ4n) is 3.45. The van der Waals surface area contributed by atoms with Gasteiger partial charge >= 0.3 is 5.97 Å². The minimum Gasteiger partial charge on any atom is -0.478 e. The van der Waals surface area contributed by atoms with Gasteiger partial charge in [0, 0.05) is 18.2 Å². The van der Waals surface area contributed by atoms with Crippen molar-refractivity contribution >= 4 is 11.7 Å². The first kappa shape index (κ1) is 24.0. The predicted molar refractivity (Wildman–Crippen MR) is 117 cm³/mol. The van der Waals surface area contributed by atoms with Crippen LogP contribution < -0.4 is 5.32 Å². The number of hydrogen-bond donors (Lipinski definition) is 2. The second-order valence-electron chi connectivity index (χ2n) is 7.75. The van der Waals surface area contributed by atoms with Gasteiger partial charge in [0.2, 0.25) is 0 Å². The maximum atomic E-state index is 10.8. The lowest BCUT2D eigenvalue weighted by molar-refractivity contribution is 0.0697. The molecule has 0 saturated heterocycles. The molecule has 0 heterocycles. The first-order valence-corrected chi connectivity index (χ1v) is 11.1. The Morgan fingerprint density at radius 3 is 2.00 bits per heavy atom. The molecule has 4 nitrogen and oxygen atoms in total. The van der Waals surface area contributed by atoms with E-state index in [2.05, 4.69) is 18.3 Å². The molecule has 0 aromatic heterocycles. The van der Waals surface area contributed by atoms with Crippen LogP contribution in [0.5, 0.6) is 0 Å². The van der Waals surface area contributed by atoms with Crippen molar-refractivity contribution in [1.82, 2.24) is 0 Å². The molecule has 1 aromatic rings. The van der Waals surface area contributed by atoms with Crippen molar-refractivity contribution in [2.24, 2.45) is 5.92 Å². The maximum Gasteiger partial charge on any atom is 0.335 e. The first-order valence-electron chi connectivity index (χ1n) is 11.1. The van der Waals surface area contributed by atoms with E-state index in [0.717, 1.165) is 44.3 Å². The molecule has 0 amide bonds. The van der Waals surface area contributed by atoms with Gasteiger partial charge in [-0.15, -0.1) is 0 Å². The van der Waals surface area contributed by atoms with Gasteiger partial charge in [0.25, 0.3) is 0 Å². The Balaban J connectivity index is 2.00. The van der Waals surface area contributed by atoms with Crippen LogP contribution in [0.15, 0.2) is 24.3 Å². The quantitative estimate of drug-likeness (QED) is 0.282. The van der Waals surface area contributed by atoms with E-state index in [9.17, 15) is 10.1 Å². The molecule has 1 atom stereocenters. The van der Waals surface area contributed by atoms with Crippen LogP contribution in [0.4, 0.5) is 5.69 Å². The number of nitrogens with one attached hydrogen (secondary N) is 1. The fraction of sp³-hybridized carbons (Fsp3) is 0.667. The fourth-order valence-corrected chi connectivity index (χ4v) is 3.45. The summed E-state index contributed by atoms with van der Waals surface area (Å²) in [4.78, 5) is 10.8. The predicted octanol–water partition coefficient (Wildman–Crippen LogP) is 7.03. The van der Waals surface area contributed by atoms with Crippen LogP contribution in [0, 0.1) is 17.2 Å². The molecular formula is C24H38N2O2. The molecule has 0 aliphatic rings. The molecule has 0 spiro atoms. The van der Waals surface area contributed by atoms with Gasteiger partial charge in [-0.3, -0.25) is 0 Å². The van der Waals surface area contributed by atoms with Crippen molar-refractivity contribution in [1.29, 1.82) is 5.26 Å². The van der Waals surface area contributed by atoms with Crippen molar-refractivity contribution in [3.63, 3.8) is 0 Å². The summed E-state index contributed by atoms with van der Waals surface area (Å²) in [5.41, 5.74) is 1.26. The van der Waals surface area contributed by atoms with E-state index < -0.39 is 5.97 Å². The topological polar surface area (TPSA) is 73.1 Å². The molecule has 4 heteroatoms. The number of nitriles is 1. The third kappa shape index (κ3) is 11.6. The van der Waals surface area contributed by atoms with Gasteiger partial charge in [-0.1, -0.05) is 71.1 Å². The Labute approximate surface area is 171 Å². The molecule has 1 unspecified atom stereocenters. The summed E-state index contributed by atoms with van der Waals surface area (Å²) in [6, 6.07) is 9.33. The molecule has 0 aliphatic heterocycles. The molecule has 0 fully saturated rings. The van der Waals surface area contributed by atoms with E-state index in [1.54, 1.807) is 24.3 Å². The molecule has 0 radical (unpaired) electrons. The monoisotopic (exact) mass is 386 g/mol. The van der Waals surface area contributed by atoms with Gasteiger partial charge in [-0.05, 0) is 43.5 Å². The second kappa shape index (κ2) is 16.0. The van der Waals surface area contributed by atoms with Crippen LogP contribution in [0.3, 0.4) is 0 Å². The molecule has 0 aliphatic carbocycles. The normalized spacial score (nSPS) is 11.7. The van der Waals surface area contributed by atoms with Gasteiger partial charge in [-0.25, -0.2) is 4.79 Å². The Kier molecular flexibility index (Phi) is 13.7. The van der Waals surface area contributed by atoms with E-state index in [1.807, 2.05) is 0 Å². The number of unbranched alkanes of at least 4 members (excludes halogenated alkanes) is 9. The van der Waals surface area contributed by atoms with Gasteiger partial charge in [0.1, 0.15) is 0 Å². The average molecular weight is 387 g/mol. The summed E-state index contributed by atoms with van der Waals surface area (Å²) in [7, 11) is 0. The largest absolute Gasteiger partial charge is 0.478 e. The number of benzene rings is 1. The van der Waals surface area contributed by atoms with Gasteiger partial charge in [0.05, 0.1) is 11.6 Å². The summed E-state index contributed by atoms with van der Waals surface area (Å²) >= 11 is 0. The number of anilines is 1. The molecule has 28 heavy (non-hydrogen) atoms. The van der Waals surface area contributed by atoms with Gasteiger partial charge in [0.15, 0.2) is 0 Å². The minimum absolute atomic E-state index is 0.219. The molecule has 2 N–H and O–H groups in total. The Morgan fingerprint density at radius 1 is 0.929 bits per heavy atom. The molecule has 1 aromatic carbocycles. The maximum absolute atomic E-state index is 10.8. The molecule has 1 rings (SSSR count). The summed E-state index contributed by atoms with van der Waals surface area (Å²) in [5.74, 6) is -0.679. The van der Waals surface area contributed by atoms with E-state index in [-0.39, 0.29) is 5.92 Å². The number of carboxylic acids is 1. The highest BCUT2D eigenvalue weighted by Gasteiger charge is 2.07. The van der Waals surface area contributed by atoms with E-state index in [4.69, 9.17) is 5.11 Å². The van der Waals surface area contributed by atoms with Crippen LogP contribution in [-0.4, -0.2) is 17.6 Å². The summed E-state index contributed by atoms with van der Waals surface area (Å²) in [6.07, 6.45) is 15.9. The second-order valence-corrected chi connectivity index (χ2v) is 7.75. The first-order chi connectivity index (χ1) is 13.7. The lowest BCUT2D eigenvalue weighted by atomic mass is 9.96. The number of carboxylic acid groups (broad SMARTS) is 1. The number of hydrogen-bond acceptors (Lipinski definition) is 3. The van der Waals surface area contributed by atoms with E-state index in [1.165, 1.54) is 51.4 Å². The van der Waals surface area contributed by atoms with Crippen LogP contribution in [0.1, 0.15) is 101 Å². The third-order valence-corrected chi connectivity index (χ3v) is 5.28. The summed E-state index contributed by atoms with van der Waals surface area (Å²) < 4.78 is 0. The zero-order valence-corrected chi connectivity index (χ0v) is 17.6. The van der Waals surface area contributed by atoms with Crippen LogP contribution in [-0.2, 0) is 0 Å². The molecule has 0 bridgehead atoms. The Bertz CT molecular complexity index is 563. The van der Waals surface area contributed by atoms with Crippen molar-refractivity contribution in [3.05, 3.63) is 29.8 Å². The summed E-state index contributed by atoms with van der Waals surface area (Å²) in [5, 5.41) is 21.5. The van der Waals surface area contributed by atoms with Crippen LogP contribution in [0.2, 0.25) is 0 Å². The minimum atomic E-state index is -0.898.